The molecule has 2 N–H and O–H groups in total. The van der Waals surface area contributed by atoms with Gasteiger partial charge in [-0.15, -0.1) is 0 Å². The fourth-order valence-electron chi connectivity index (χ4n) is 8.07. The van der Waals surface area contributed by atoms with Gasteiger partial charge in [-0.2, -0.15) is 0 Å². The van der Waals surface area contributed by atoms with Gasteiger partial charge in [-0.25, -0.2) is 0 Å². The molecule has 4 aliphatic rings. The Hall–Kier alpha value is -3.44. The summed E-state index contributed by atoms with van der Waals surface area (Å²) in [6.45, 7) is 8.46. The first-order chi connectivity index (χ1) is 22.2. The van der Waals surface area contributed by atoms with Crippen LogP contribution in [0.5, 0.6) is 0 Å². The Bertz CT molecular complexity index is 1460. The third kappa shape index (κ3) is 6.40. The molecule has 1 aromatic heterocycles. The van der Waals surface area contributed by atoms with Gasteiger partial charge in [-0.1, -0.05) is 12.1 Å². The summed E-state index contributed by atoms with van der Waals surface area (Å²) in [5.41, 5.74) is 3.30. The van der Waals surface area contributed by atoms with Crippen molar-refractivity contribution in [1.82, 2.24) is 29.9 Å². The number of hydrogen-bond acceptors (Lipinski definition) is 6. The van der Waals surface area contributed by atoms with Crippen molar-refractivity contribution >= 4 is 34.5 Å². The number of benzene rings is 1. The minimum absolute atomic E-state index is 0.0410. The smallest absolute Gasteiger partial charge is 0.228 e. The Labute approximate surface area is 272 Å². The van der Waals surface area contributed by atoms with Crippen molar-refractivity contribution in [2.75, 3.05) is 73.1 Å². The lowest BCUT2D eigenvalue weighted by Gasteiger charge is -2.54. The number of rotatable bonds is 9. The van der Waals surface area contributed by atoms with Crippen molar-refractivity contribution in [3.05, 3.63) is 35.0 Å². The zero-order chi connectivity index (χ0) is 32.4. The average molecular weight is 635 g/mol. The van der Waals surface area contributed by atoms with Crippen LogP contribution in [0.3, 0.4) is 0 Å². The summed E-state index contributed by atoms with van der Waals surface area (Å²) in [5.74, 6) is -0.995. The number of H-pyrrole nitrogens is 1. The van der Waals surface area contributed by atoms with E-state index in [1.54, 1.807) is 19.0 Å². The number of carbonyl (C=O) groups excluding carboxylic acids is 4. The van der Waals surface area contributed by atoms with Crippen LogP contribution in [0.15, 0.2) is 18.2 Å². The number of morpholine rings is 1. The van der Waals surface area contributed by atoms with Crippen LogP contribution in [0.25, 0.3) is 10.9 Å². The largest absolute Gasteiger partial charge is 0.379 e. The normalized spacial score (nSPS) is 25.2. The zero-order valence-electron chi connectivity index (χ0n) is 27.7. The Balaban J connectivity index is 1.25. The van der Waals surface area contributed by atoms with Gasteiger partial charge in [0.25, 0.3) is 0 Å². The third-order valence-electron chi connectivity index (χ3n) is 10.8. The SMILES string of the molecule is CN(C)C(=O)CCc1ccc2c3c([nH]c2c1)[C@]1(C)[C@@H](C(=O)N2CCCCC2)C[C@H](CC(=O)NCCN2CCOCC2)C(=O)N1CC3. The van der Waals surface area contributed by atoms with E-state index in [9.17, 15) is 19.2 Å². The van der Waals surface area contributed by atoms with E-state index in [0.29, 0.717) is 52.0 Å². The highest BCUT2D eigenvalue weighted by molar-refractivity contribution is 5.93. The average Bonchev–Trinajstić information content (AvgIpc) is 3.44. The molecular weight excluding hydrogens is 584 g/mol. The minimum Gasteiger partial charge on any atom is -0.379 e. The Kier molecular flexibility index (Phi) is 9.70. The molecular formula is C35H50N6O5. The third-order valence-corrected chi connectivity index (χ3v) is 10.8. The van der Waals surface area contributed by atoms with Gasteiger partial charge in [0.1, 0.15) is 0 Å². The molecule has 11 nitrogen and oxygen atoms in total. The Morgan fingerprint density at radius 3 is 2.57 bits per heavy atom. The summed E-state index contributed by atoms with van der Waals surface area (Å²) in [7, 11) is 3.54. The van der Waals surface area contributed by atoms with Crippen LogP contribution in [0.4, 0.5) is 0 Å². The van der Waals surface area contributed by atoms with Crippen molar-refractivity contribution < 1.29 is 23.9 Å². The first-order valence-corrected chi connectivity index (χ1v) is 17.2. The first kappa shape index (κ1) is 32.5. The topological polar surface area (TPSA) is 118 Å². The number of piperidine rings is 2. The van der Waals surface area contributed by atoms with Gasteiger partial charge in [-0.05, 0) is 62.6 Å². The number of ether oxygens (including phenoxy) is 1. The molecule has 2 aromatic rings. The maximum atomic E-state index is 14.4. The quantitative estimate of drug-likeness (QED) is 0.437. The molecule has 46 heavy (non-hydrogen) atoms. The fourth-order valence-corrected chi connectivity index (χ4v) is 8.07. The minimum atomic E-state index is -0.845. The van der Waals surface area contributed by atoms with Crippen LogP contribution in [-0.2, 0) is 42.3 Å². The molecule has 5 heterocycles. The Morgan fingerprint density at radius 2 is 1.83 bits per heavy atom. The van der Waals surface area contributed by atoms with E-state index in [4.69, 9.17) is 4.74 Å². The number of likely N-dealkylation sites (tertiary alicyclic amines) is 1. The van der Waals surface area contributed by atoms with E-state index < -0.39 is 17.4 Å². The molecule has 0 spiro atoms. The van der Waals surface area contributed by atoms with Crippen molar-refractivity contribution in [1.29, 1.82) is 0 Å². The van der Waals surface area contributed by atoms with Gasteiger partial charge in [0.05, 0.1) is 24.7 Å². The first-order valence-electron chi connectivity index (χ1n) is 17.2. The molecule has 0 aliphatic carbocycles. The summed E-state index contributed by atoms with van der Waals surface area (Å²) in [5, 5.41) is 4.14. The van der Waals surface area contributed by atoms with Crippen molar-refractivity contribution in [2.45, 2.75) is 63.8 Å². The number of aryl methyl sites for hydroxylation is 1. The predicted octanol–water partition coefficient (Wildman–Crippen LogP) is 2.28. The molecule has 0 saturated carbocycles. The van der Waals surface area contributed by atoms with E-state index in [1.165, 1.54) is 0 Å². The highest BCUT2D eigenvalue weighted by Gasteiger charge is 2.57. The fraction of sp³-hybridized carbons (Fsp3) is 0.657. The number of carbonyl (C=O) groups is 4. The second kappa shape index (κ2) is 13.7. The highest BCUT2D eigenvalue weighted by Crippen LogP contribution is 2.50. The van der Waals surface area contributed by atoms with Gasteiger partial charge in [-0.3, -0.25) is 24.1 Å². The summed E-state index contributed by atoms with van der Waals surface area (Å²) >= 11 is 0. The number of aromatic nitrogens is 1. The molecule has 3 atom stereocenters. The number of amides is 4. The molecule has 0 radical (unpaired) electrons. The van der Waals surface area contributed by atoms with Crippen molar-refractivity contribution in [3.8, 4) is 0 Å². The standard InChI is InChI=1S/C35H50N6O5/c1-35-28(34(45)40-13-5-4-6-14-40)22-25(23-30(42)36-12-16-39-17-19-46-20-18-39)33(44)41(35)15-11-27-26-9-7-24(8-10-31(43)38(2)3)21-29(26)37-32(27)35/h7,9,21,25,28,37H,4-6,8,10-20,22-23H2,1-3H3,(H,36,42)/t25-,28-,35+/m1/s1. The van der Waals surface area contributed by atoms with Gasteiger partial charge in [0.15, 0.2) is 0 Å². The maximum absolute atomic E-state index is 14.4. The predicted molar refractivity (Wildman–Crippen MR) is 175 cm³/mol. The maximum Gasteiger partial charge on any atom is 0.228 e. The molecule has 3 saturated heterocycles. The molecule has 3 fully saturated rings. The second-order valence-electron chi connectivity index (χ2n) is 13.9. The van der Waals surface area contributed by atoms with Crippen LogP contribution in [0.2, 0.25) is 0 Å². The molecule has 11 heteroatoms. The van der Waals surface area contributed by atoms with E-state index in [0.717, 1.165) is 79.7 Å². The van der Waals surface area contributed by atoms with Gasteiger partial charge < -0.3 is 29.7 Å². The number of aromatic amines is 1. The number of nitrogens with one attached hydrogen (secondary N) is 2. The van der Waals surface area contributed by atoms with Crippen molar-refractivity contribution in [3.63, 3.8) is 0 Å². The lowest BCUT2D eigenvalue weighted by molar-refractivity contribution is -0.164. The van der Waals surface area contributed by atoms with Crippen LogP contribution >= 0.6 is 0 Å². The van der Waals surface area contributed by atoms with Gasteiger partial charge in [0, 0.05) is 95.3 Å². The monoisotopic (exact) mass is 634 g/mol. The lowest BCUT2D eigenvalue weighted by Crippen LogP contribution is -2.64. The van der Waals surface area contributed by atoms with Crippen LogP contribution in [0.1, 0.15) is 62.3 Å². The van der Waals surface area contributed by atoms with E-state index >= 15 is 0 Å². The summed E-state index contributed by atoms with van der Waals surface area (Å²) in [6.07, 6.45) is 5.31. The summed E-state index contributed by atoms with van der Waals surface area (Å²) in [4.78, 5) is 65.4. The molecule has 0 unspecified atom stereocenters. The molecule has 1 aromatic carbocycles. The van der Waals surface area contributed by atoms with E-state index in [1.807, 2.05) is 9.80 Å². The lowest BCUT2D eigenvalue weighted by atomic mass is 9.67. The van der Waals surface area contributed by atoms with Gasteiger partial charge in [0.2, 0.25) is 23.6 Å². The van der Waals surface area contributed by atoms with E-state index in [2.05, 4.69) is 40.3 Å². The molecule has 4 aliphatic heterocycles. The van der Waals surface area contributed by atoms with Crippen LogP contribution in [0, 0.1) is 11.8 Å². The van der Waals surface area contributed by atoms with E-state index in [-0.39, 0.29) is 30.0 Å². The molecule has 6 rings (SSSR count). The van der Waals surface area contributed by atoms with Crippen LogP contribution in [-0.4, -0.2) is 121 Å². The van der Waals surface area contributed by atoms with Crippen molar-refractivity contribution in [2.24, 2.45) is 11.8 Å². The van der Waals surface area contributed by atoms with Crippen LogP contribution < -0.4 is 5.32 Å². The zero-order valence-corrected chi connectivity index (χ0v) is 27.7. The second-order valence-corrected chi connectivity index (χ2v) is 13.9. The molecule has 250 valence electrons. The molecule has 4 amide bonds. The number of fused-ring (bicyclic) bond motifs is 5. The highest BCUT2D eigenvalue weighted by atomic mass is 16.5. The number of nitrogens with zero attached hydrogens (tertiary/aromatic N) is 4. The summed E-state index contributed by atoms with van der Waals surface area (Å²) < 4.78 is 5.42. The summed E-state index contributed by atoms with van der Waals surface area (Å²) in [6, 6.07) is 6.32. The van der Waals surface area contributed by atoms with Gasteiger partial charge >= 0.3 is 0 Å². The Morgan fingerprint density at radius 1 is 1.07 bits per heavy atom. The molecule has 0 bridgehead atoms. The number of hydrogen-bond donors (Lipinski definition) is 2.